The number of pyridine rings is 1. The van der Waals surface area contributed by atoms with Gasteiger partial charge in [-0.3, -0.25) is 4.98 Å². The molecule has 4 heteroatoms. The molecule has 0 aliphatic heterocycles. The highest BCUT2D eigenvalue weighted by Crippen LogP contribution is 2.14. The Morgan fingerprint density at radius 1 is 1.35 bits per heavy atom. The van der Waals surface area contributed by atoms with E-state index >= 15 is 0 Å². The van der Waals surface area contributed by atoms with Gasteiger partial charge in [0.2, 0.25) is 0 Å². The molecule has 1 unspecified atom stereocenters. The maximum Gasteiger partial charge on any atom is 0.0997 e. The van der Waals surface area contributed by atoms with Crippen LogP contribution in [0.25, 0.3) is 5.69 Å². The maximum atomic E-state index is 5.80. The third-order valence-electron chi connectivity index (χ3n) is 2.87. The number of hydrogen-bond donors (Lipinski definition) is 1. The van der Waals surface area contributed by atoms with E-state index in [0.29, 0.717) is 0 Å². The summed E-state index contributed by atoms with van der Waals surface area (Å²) in [6, 6.07) is 2.27. The Labute approximate surface area is 102 Å². The molecule has 2 aromatic heterocycles. The van der Waals surface area contributed by atoms with Crippen molar-refractivity contribution in [2.75, 3.05) is 0 Å². The second-order valence-electron chi connectivity index (χ2n) is 4.52. The third-order valence-corrected chi connectivity index (χ3v) is 2.87. The lowest BCUT2D eigenvalue weighted by Crippen LogP contribution is -2.18. The van der Waals surface area contributed by atoms with E-state index in [1.807, 2.05) is 37.1 Å². The van der Waals surface area contributed by atoms with Gasteiger partial charge in [0.25, 0.3) is 0 Å². The summed E-state index contributed by atoms with van der Waals surface area (Å²) in [7, 11) is 0. The van der Waals surface area contributed by atoms with Gasteiger partial charge in [0.15, 0.2) is 0 Å². The van der Waals surface area contributed by atoms with Crippen LogP contribution in [0.15, 0.2) is 24.8 Å². The zero-order valence-electron chi connectivity index (χ0n) is 10.5. The van der Waals surface area contributed by atoms with Gasteiger partial charge in [-0.05, 0) is 38.8 Å². The van der Waals surface area contributed by atoms with Crippen LogP contribution < -0.4 is 5.73 Å². The number of aromatic nitrogens is 3. The van der Waals surface area contributed by atoms with E-state index < -0.39 is 0 Å². The van der Waals surface area contributed by atoms with Gasteiger partial charge in [-0.15, -0.1) is 0 Å². The van der Waals surface area contributed by atoms with Crippen LogP contribution in [0.4, 0.5) is 0 Å². The molecule has 2 aromatic rings. The fourth-order valence-electron chi connectivity index (χ4n) is 1.85. The molecule has 2 heterocycles. The molecule has 0 saturated heterocycles. The number of nitrogens with two attached hydrogens (primary N) is 1. The minimum atomic E-state index is 0.151. The summed E-state index contributed by atoms with van der Waals surface area (Å²) >= 11 is 0. The molecule has 17 heavy (non-hydrogen) atoms. The van der Waals surface area contributed by atoms with Crippen LogP contribution in [-0.4, -0.2) is 20.6 Å². The first kappa shape index (κ1) is 11.8. The third kappa shape index (κ3) is 2.53. The second-order valence-corrected chi connectivity index (χ2v) is 4.52. The van der Waals surface area contributed by atoms with Crippen LogP contribution in [-0.2, 0) is 6.42 Å². The van der Waals surface area contributed by atoms with Crippen LogP contribution in [0, 0.1) is 13.8 Å². The molecule has 0 aliphatic rings. The number of aryl methyl sites for hydroxylation is 1. The Morgan fingerprint density at radius 3 is 2.71 bits per heavy atom. The molecule has 0 radical (unpaired) electrons. The maximum absolute atomic E-state index is 5.80. The lowest BCUT2D eigenvalue weighted by molar-refractivity contribution is 0.734. The van der Waals surface area contributed by atoms with Crippen molar-refractivity contribution >= 4 is 0 Å². The van der Waals surface area contributed by atoms with Crippen LogP contribution >= 0.6 is 0 Å². The van der Waals surface area contributed by atoms with E-state index in [1.165, 1.54) is 0 Å². The lowest BCUT2D eigenvalue weighted by atomic mass is 10.1. The minimum absolute atomic E-state index is 0.151. The zero-order chi connectivity index (χ0) is 12.4. The van der Waals surface area contributed by atoms with Gasteiger partial charge in [0.1, 0.15) is 0 Å². The topological polar surface area (TPSA) is 56.7 Å². The Hall–Kier alpha value is -1.68. The average Bonchev–Trinajstić information content (AvgIpc) is 2.59. The summed E-state index contributed by atoms with van der Waals surface area (Å²) in [5.41, 5.74) is 10.2. The summed E-state index contributed by atoms with van der Waals surface area (Å²) in [4.78, 5) is 8.55. The smallest absolute Gasteiger partial charge is 0.0997 e. The van der Waals surface area contributed by atoms with Gasteiger partial charge in [-0.2, -0.15) is 0 Å². The van der Waals surface area contributed by atoms with E-state index in [-0.39, 0.29) is 6.04 Å². The molecule has 1 atom stereocenters. The minimum Gasteiger partial charge on any atom is -0.328 e. The zero-order valence-corrected chi connectivity index (χ0v) is 10.5. The van der Waals surface area contributed by atoms with Crippen LogP contribution in [0.3, 0.4) is 0 Å². The van der Waals surface area contributed by atoms with Crippen molar-refractivity contribution in [1.29, 1.82) is 0 Å². The Kier molecular flexibility index (Phi) is 3.24. The second kappa shape index (κ2) is 4.67. The summed E-state index contributed by atoms with van der Waals surface area (Å²) in [5.74, 6) is 0. The van der Waals surface area contributed by atoms with Crippen molar-refractivity contribution in [1.82, 2.24) is 14.5 Å². The standard InChI is InChI=1S/C13H18N4/c1-9(14)4-12-5-13(7-15-6-12)17-8-16-10(2)11(17)3/h5-9H,4,14H2,1-3H3. The molecule has 2 N–H and O–H groups in total. The molecule has 90 valence electrons. The van der Waals surface area contributed by atoms with Crippen molar-refractivity contribution in [3.63, 3.8) is 0 Å². The molecule has 2 rings (SSSR count). The normalized spacial score (nSPS) is 12.7. The van der Waals surface area contributed by atoms with Gasteiger partial charge in [-0.25, -0.2) is 4.98 Å². The van der Waals surface area contributed by atoms with Gasteiger partial charge >= 0.3 is 0 Å². The van der Waals surface area contributed by atoms with Gasteiger partial charge < -0.3 is 10.3 Å². The van der Waals surface area contributed by atoms with Gasteiger partial charge in [0, 0.05) is 17.9 Å². The number of nitrogens with zero attached hydrogens (tertiary/aromatic N) is 3. The number of imidazole rings is 1. The van der Waals surface area contributed by atoms with Crippen molar-refractivity contribution in [3.8, 4) is 5.69 Å². The SMILES string of the molecule is Cc1ncn(-c2cncc(CC(C)N)c2)c1C. The summed E-state index contributed by atoms with van der Waals surface area (Å²) in [6.07, 6.45) is 6.38. The quantitative estimate of drug-likeness (QED) is 0.874. The van der Waals surface area contributed by atoms with Crippen LogP contribution in [0.5, 0.6) is 0 Å². The number of rotatable bonds is 3. The molecular weight excluding hydrogens is 212 g/mol. The highest BCUT2D eigenvalue weighted by atomic mass is 15.1. The van der Waals surface area contributed by atoms with E-state index in [4.69, 9.17) is 5.73 Å². The highest BCUT2D eigenvalue weighted by molar-refractivity contribution is 5.35. The molecule has 0 spiro atoms. The molecular formula is C13H18N4. The predicted molar refractivity (Wildman–Crippen MR) is 68.2 cm³/mol. The van der Waals surface area contributed by atoms with Gasteiger partial charge in [0.05, 0.1) is 23.9 Å². The molecule has 0 aliphatic carbocycles. The number of hydrogen-bond acceptors (Lipinski definition) is 3. The Morgan fingerprint density at radius 2 is 2.12 bits per heavy atom. The molecule has 0 amide bonds. The summed E-state index contributed by atoms with van der Waals surface area (Å²) in [6.45, 7) is 6.06. The molecule has 0 aromatic carbocycles. The Balaban J connectivity index is 2.36. The Bertz CT molecular complexity index is 514. The first-order chi connectivity index (χ1) is 8.08. The molecule has 4 nitrogen and oxygen atoms in total. The first-order valence-corrected chi connectivity index (χ1v) is 5.78. The lowest BCUT2D eigenvalue weighted by Gasteiger charge is -2.09. The largest absolute Gasteiger partial charge is 0.328 e. The molecule has 0 saturated carbocycles. The molecule has 0 bridgehead atoms. The van der Waals surface area contributed by atoms with Crippen LogP contribution in [0.1, 0.15) is 23.9 Å². The van der Waals surface area contributed by atoms with Crippen molar-refractivity contribution in [2.24, 2.45) is 5.73 Å². The van der Waals surface area contributed by atoms with E-state index in [1.54, 1.807) is 0 Å². The average molecular weight is 230 g/mol. The van der Waals surface area contributed by atoms with Crippen LogP contribution in [0.2, 0.25) is 0 Å². The van der Waals surface area contributed by atoms with Crippen molar-refractivity contribution in [3.05, 3.63) is 41.7 Å². The predicted octanol–water partition coefficient (Wildman–Crippen LogP) is 1.77. The van der Waals surface area contributed by atoms with E-state index in [2.05, 4.69) is 23.0 Å². The monoisotopic (exact) mass is 230 g/mol. The fourth-order valence-corrected chi connectivity index (χ4v) is 1.85. The van der Waals surface area contributed by atoms with Crippen molar-refractivity contribution < 1.29 is 0 Å². The van der Waals surface area contributed by atoms with Gasteiger partial charge in [-0.1, -0.05) is 0 Å². The van der Waals surface area contributed by atoms with E-state index in [0.717, 1.165) is 29.1 Å². The van der Waals surface area contributed by atoms with Crippen molar-refractivity contribution in [2.45, 2.75) is 33.2 Å². The molecule has 0 fully saturated rings. The summed E-state index contributed by atoms with van der Waals surface area (Å²) in [5, 5.41) is 0. The van der Waals surface area contributed by atoms with E-state index in [9.17, 15) is 0 Å². The summed E-state index contributed by atoms with van der Waals surface area (Å²) < 4.78 is 2.05. The fraction of sp³-hybridized carbons (Fsp3) is 0.385. The first-order valence-electron chi connectivity index (χ1n) is 5.78. The highest BCUT2D eigenvalue weighted by Gasteiger charge is 2.06.